The summed E-state index contributed by atoms with van der Waals surface area (Å²) in [6.07, 6.45) is 3.53. The lowest BCUT2D eigenvalue weighted by molar-refractivity contribution is -0.149. The highest BCUT2D eigenvalue weighted by Crippen LogP contribution is 2.25. The van der Waals surface area contributed by atoms with Crippen molar-refractivity contribution in [2.24, 2.45) is 18.0 Å². The maximum atomic E-state index is 12.0. The van der Waals surface area contributed by atoms with E-state index in [9.17, 15) is 4.79 Å². The highest BCUT2D eigenvalue weighted by atomic mass is 127. The molecular formula is C20H31IN6O2S. The van der Waals surface area contributed by atoms with Crippen LogP contribution in [0.4, 0.5) is 0 Å². The van der Waals surface area contributed by atoms with Crippen molar-refractivity contribution in [3.63, 3.8) is 0 Å². The van der Waals surface area contributed by atoms with Crippen molar-refractivity contribution in [3.05, 3.63) is 34.0 Å². The van der Waals surface area contributed by atoms with Gasteiger partial charge in [-0.25, -0.2) is 4.99 Å². The van der Waals surface area contributed by atoms with E-state index in [1.165, 1.54) is 4.88 Å². The molecule has 1 fully saturated rings. The van der Waals surface area contributed by atoms with Gasteiger partial charge in [0.15, 0.2) is 11.8 Å². The number of carbonyl (C=O) groups excluding carboxylic acids is 1. The highest BCUT2D eigenvalue weighted by Gasteiger charge is 2.27. The number of rotatable bonds is 7. The van der Waals surface area contributed by atoms with Crippen LogP contribution in [0.15, 0.2) is 22.5 Å². The Kier molecular flexibility index (Phi) is 10.0. The number of ether oxygens (including phenoxy) is 1. The Morgan fingerprint density at radius 3 is 2.70 bits per heavy atom. The first-order chi connectivity index (χ1) is 14.1. The molecule has 10 heteroatoms. The van der Waals surface area contributed by atoms with Gasteiger partial charge in [-0.2, -0.15) is 0 Å². The van der Waals surface area contributed by atoms with Crippen LogP contribution in [0.3, 0.4) is 0 Å². The summed E-state index contributed by atoms with van der Waals surface area (Å²) < 4.78 is 7.12. The van der Waals surface area contributed by atoms with Crippen molar-refractivity contribution in [2.75, 3.05) is 6.61 Å². The zero-order valence-electron chi connectivity index (χ0n) is 17.8. The van der Waals surface area contributed by atoms with Gasteiger partial charge in [0.05, 0.1) is 19.1 Å². The fourth-order valence-electron chi connectivity index (χ4n) is 3.40. The van der Waals surface area contributed by atoms with Crippen molar-refractivity contribution >= 4 is 47.2 Å². The average molecular weight is 546 g/mol. The fourth-order valence-corrected chi connectivity index (χ4v) is 4.05. The molecule has 0 aromatic carbocycles. The van der Waals surface area contributed by atoms with E-state index in [2.05, 4.69) is 32.3 Å². The number of nitrogens with one attached hydrogen (secondary N) is 2. The number of esters is 1. The summed E-state index contributed by atoms with van der Waals surface area (Å²) in [6.45, 7) is 5.40. The standard InChI is InChI=1S/C20H30N6O2S.HI/c1-4-28-19(27)15-7-9-16(10-8-15)23-20(21-12-17-6-5-11-29-17)22-13-18-25-24-14(2)26(18)3;/h5-6,11,15-16H,4,7-10,12-13H2,1-3H3,(H2,21,22,23);1H. The maximum absolute atomic E-state index is 12.0. The molecule has 166 valence electrons. The van der Waals surface area contributed by atoms with Gasteiger partial charge in [-0.15, -0.1) is 45.5 Å². The molecule has 0 amide bonds. The van der Waals surface area contributed by atoms with Crippen LogP contribution in [-0.4, -0.2) is 39.3 Å². The van der Waals surface area contributed by atoms with Crippen LogP contribution in [0.25, 0.3) is 0 Å². The second kappa shape index (κ2) is 12.2. The molecule has 3 rings (SSSR count). The first-order valence-electron chi connectivity index (χ1n) is 10.2. The Labute approximate surface area is 198 Å². The zero-order valence-corrected chi connectivity index (χ0v) is 20.9. The molecule has 8 nitrogen and oxygen atoms in total. The van der Waals surface area contributed by atoms with Crippen molar-refractivity contribution in [3.8, 4) is 0 Å². The summed E-state index contributed by atoms with van der Waals surface area (Å²) in [4.78, 5) is 17.9. The summed E-state index contributed by atoms with van der Waals surface area (Å²) in [5.74, 6) is 2.42. The third kappa shape index (κ3) is 6.93. The molecule has 0 unspecified atom stereocenters. The minimum atomic E-state index is -0.0617. The second-order valence-electron chi connectivity index (χ2n) is 7.27. The van der Waals surface area contributed by atoms with E-state index in [0.717, 1.165) is 49.8 Å². The number of hydrogen-bond acceptors (Lipinski definition) is 6. The molecule has 0 spiro atoms. The lowest BCUT2D eigenvalue weighted by atomic mass is 9.86. The van der Waals surface area contributed by atoms with Crippen molar-refractivity contribution in [1.29, 1.82) is 0 Å². The molecule has 2 N–H and O–H groups in total. The third-order valence-electron chi connectivity index (χ3n) is 5.26. The van der Waals surface area contributed by atoms with Gasteiger partial charge in [0.1, 0.15) is 12.4 Å². The van der Waals surface area contributed by atoms with E-state index >= 15 is 0 Å². The van der Waals surface area contributed by atoms with Gasteiger partial charge in [-0.05, 0) is 51.0 Å². The predicted octanol–water partition coefficient (Wildman–Crippen LogP) is 3.16. The molecule has 2 aromatic rings. The van der Waals surface area contributed by atoms with Crippen LogP contribution < -0.4 is 10.6 Å². The monoisotopic (exact) mass is 546 g/mol. The lowest BCUT2D eigenvalue weighted by Gasteiger charge is -2.29. The van der Waals surface area contributed by atoms with Crippen molar-refractivity contribution in [1.82, 2.24) is 25.4 Å². The number of aryl methyl sites for hydroxylation is 1. The third-order valence-corrected chi connectivity index (χ3v) is 6.14. The Balaban J connectivity index is 0.00000320. The molecular weight excluding hydrogens is 515 g/mol. The first-order valence-corrected chi connectivity index (χ1v) is 11.0. The largest absolute Gasteiger partial charge is 0.466 e. The molecule has 2 aromatic heterocycles. The Morgan fingerprint density at radius 1 is 1.33 bits per heavy atom. The van der Waals surface area contributed by atoms with Gasteiger partial charge in [0, 0.05) is 18.0 Å². The Bertz CT molecular complexity index is 815. The van der Waals surface area contributed by atoms with Crippen LogP contribution in [0.5, 0.6) is 0 Å². The van der Waals surface area contributed by atoms with E-state index in [1.807, 2.05) is 31.5 Å². The summed E-state index contributed by atoms with van der Waals surface area (Å²) >= 11 is 1.72. The maximum Gasteiger partial charge on any atom is 0.308 e. The van der Waals surface area contributed by atoms with Crippen LogP contribution in [0.1, 0.15) is 49.1 Å². The summed E-state index contributed by atoms with van der Waals surface area (Å²) in [5, 5.41) is 17.3. The summed E-state index contributed by atoms with van der Waals surface area (Å²) in [7, 11) is 1.95. The summed E-state index contributed by atoms with van der Waals surface area (Å²) in [6, 6.07) is 4.44. The Morgan fingerprint density at radius 2 is 2.10 bits per heavy atom. The molecule has 30 heavy (non-hydrogen) atoms. The normalized spacial score (nSPS) is 19.1. The van der Waals surface area contributed by atoms with Crippen molar-refractivity contribution in [2.45, 2.75) is 58.7 Å². The van der Waals surface area contributed by atoms with E-state index in [0.29, 0.717) is 13.2 Å². The van der Waals surface area contributed by atoms with Gasteiger partial charge in [-0.3, -0.25) is 4.79 Å². The lowest BCUT2D eigenvalue weighted by Crippen LogP contribution is -2.45. The van der Waals surface area contributed by atoms with Crippen LogP contribution >= 0.6 is 35.3 Å². The number of guanidine groups is 1. The smallest absolute Gasteiger partial charge is 0.308 e. The highest BCUT2D eigenvalue weighted by molar-refractivity contribution is 14.0. The van der Waals surface area contributed by atoms with Gasteiger partial charge >= 0.3 is 5.97 Å². The minimum absolute atomic E-state index is 0. The van der Waals surface area contributed by atoms with Gasteiger partial charge in [0.25, 0.3) is 0 Å². The predicted molar refractivity (Wildman–Crippen MR) is 129 cm³/mol. The topological polar surface area (TPSA) is 93.4 Å². The molecule has 0 saturated heterocycles. The molecule has 0 radical (unpaired) electrons. The molecule has 0 aliphatic heterocycles. The number of aromatic nitrogens is 3. The minimum Gasteiger partial charge on any atom is -0.466 e. The number of thiophene rings is 1. The molecule has 0 bridgehead atoms. The number of hydrogen-bond donors (Lipinski definition) is 2. The van der Waals surface area contributed by atoms with E-state index in [-0.39, 0.29) is 41.9 Å². The number of aliphatic imine (C=N–C) groups is 1. The van der Waals surface area contributed by atoms with Crippen LogP contribution in [0, 0.1) is 12.8 Å². The molecule has 0 atom stereocenters. The number of nitrogens with zero attached hydrogens (tertiary/aromatic N) is 4. The molecule has 1 aliphatic rings. The Hall–Kier alpha value is -1.69. The van der Waals surface area contributed by atoms with Gasteiger partial charge in [-0.1, -0.05) is 6.07 Å². The van der Waals surface area contributed by atoms with Crippen molar-refractivity contribution < 1.29 is 9.53 Å². The summed E-state index contributed by atoms with van der Waals surface area (Å²) in [5.41, 5.74) is 0. The average Bonchev–Trinajstić information content (AvgIpc) is 3.35. The first kappa shape index (κ1) is 24.6. The molecule has 1 saturated carbocycles. The SMILES string of the molecule is CCOC(=O)C1CCC(NC(=NCc2nnc(C)n2C)NCc2cccs2)CC1.I. The zero-order chi connectivity index (χ0) is 20.6. The van der Waals surface area contributed by atoms with Crippen LogP contribution in [0.2, 0.25) is 0 Å². The van der Waals surface area contributed by atoms with E-state index < -0.39 is 0 Å². The number of carbonyl (C=O) groups is 1. The van der Waals surface area contributed by atoms with E-state index in [1.54, 1.807) is 11.3 Å². The van der Waals surface area contributed by atoms with Crippen LogP contribution in [-0.2, 0) is 29.7 Å². The fraction of sp³-hybridized carbons (Fsp3) is 0.600. The molecule has 1 aliphatic carbocycles. The quantitative estimate of drug-likeness (QED) is 0.240. The van der Waals surface area contributed by atoms with Gasteiger partial charge in [0.2, 0.25) is 0 Å². The van der Waals surface area contributed by atoms with Gasteiger partial charge < -0.3 is 19.9 Å². The molecule has 2 heterocycles. The van der Waals surface area contributed by atoms with E-state index in [4.69, 9.17) is 9.73 Å². The number of halogens is 1. The second-order valence-corrected chi connectivity index (χ2v) is 8.30.